The third-order valence-electron chi connectivity index (χ3n) is 2.19. The Morgan fingerprint density at radius 3 is 2.61 bits per heavy atom. The number of anilines is 2. The number of carboxylic acids is 1. The van der Waals surface area contributed by atoms with E-state index in [1.54, 1.807) is 24.3 Å². The topological polar surface area (TPSA) is 98.9 Å². The average molecular weight is 240 g/mol. The van der Waals surface area contributed by atoms with Crippen molar-refractivity contribution in [2.75, 3.05) is 5.32 Å². The highest BCUT2D eigenvalue weighted by Crippen LogP contribution is 2.18. The van der Waals surface area contributed by atoms with E-state index in [0.29, 0.717) is 17.1 Å². The van der Waals surface area contributed by atoms with Crippen LogP contribution in [0.25, 0.3) is 0 Å². The Balaban J connectivity index is 2.24. The molecule has 0 aliphatic rings. The molecule has 0 bridgehead atoms. The number of benzene rings is 1. The molecule has 0 aliphatic carbocycles. The predicted molar refractivity (Wildman–Crippen MR) is 63.4 cm³/mol. The molecule has 6 heteroatoms. The molecule has 0 amide bonds. The summed E-state index contributed by atoms with van der Waals surface area (Å²) in [5.41, 5.74) is 0.938. The first-order chi connectivity index (χ1) is 8.70. The van der Waals surface area contributed by atoms with Gasteiger partial charge in [-0.25, -0.2) is 4.79 Å². The predicted octanol–water partition coefficient (Wildman–Crippen LogP) is 1.79. The SMILES string of the molecule is N#Cc1ccccc1Nc1ccc(C(=O)O)nn1. The van der Waals surface area contributed by atoms with Crippen molar-refractivity contribution in [3.05, 3.63) is 47.7 Å². The fourth-order valence-corrected chi connectivity index (χ4v) is 1.34. The standard InChI is InChI=1S/C12H8N4O2/c13-7-8-3-1-2-4-9(8)14-11-6-5-10(12(17)18)15-16-11/h1-6H,(H,14,16)(H,17,18). The third-order valence-corrected chi connectivity index (χ3v) is 2.19. The Bertz CT molecular complexity index is 617. The van der Waals surface area contributed by atoms with Crippen LogP contribution in [0.5, 0.6) is 0 Å². The minimum Gasteiger partial charge on any atom is -0.476 e. The van der Waals surface area contributed by atoms with E-state index < -0.39 is 5.97 Å². The van der Waals surface area contributed by atoms with Crippen molar-refractivity contribution >= 4 is 17.5 Å². The van der Waals surface area contributed by atoms with Gasteiger partial charge in [-0.05, 0) is 24.3 Å². The third kappa shape index (κ3) is 2.41. The molecular formula is C12H8N4O2. The Kier molecular flexibility index (Phi) is 3.16. The summed E-state index contributed by atoms with van der Waals surface area (Å²) in [4.78, 5) is 10.6. The van der Waals surface area contributed by atoms with Gasteiger partial charge in [0.1, 0.15) is 6.07 Å². The summed E-state index contributed by atoms with van der Waals surface area (Å²) in [5.74, 6) is -0.755. The van der Waals surface area contributed by atoms with Gasteiger partial charge in [0.05, 0.1) is 11.3 Å². The molecule has 1 heterocycles. The Morgan fingerprint density at radius 1 is 1.22 bits per heavy atom. The quantitative estimate of drug-likeness (QED) is 0.848. The summed E-state index contributed by atoms with van der Waals surface area (Å²) >= 11 is 0. The van der Waals surface area contributed by atoms with Crippen molar-refractivity contribution in [1.29, 1.82) is 5.26 Å². The number of carbonyl (C=O) groups is 1. The van der Waals surface area contributed by atoms with E-state index in [-0.39, 0.29) is 5.69 Å². The summed E-state index contributed by atoms with van der Waals surface area (Å²) in [6, 6.07) is 11.8. The van der Waals surface area contributed by atoms with Crippen LogP contribution in [0.2, 0.25) is 0 Å². The lowest BCUT2D eigenvalue weighted by Gasteiger charge is -2.06. The minimum absolute atomic E-state index is 0.130. The monoisotopic (exact) mass is 240 g/mol. The molecule has 6 nitrogen and oxygen atoms in total. The van der Waals surface area contributed by atoms with Crippen molar-refractivity contribution in [3.8, 4) is 6.07 Å². The summed E-state index contributed by atoms with van der Waals surface area (Å²) in [5, 5.41) is 27.7. The summed E-state index contributed by atoms with van der Waals surface area (Å²) in [6.07, 6.45) is 0. The molecule has 0 atom stereocenters. The number of hydrogen-bond acceptors (Lipinski definition) is 5. The highest BCUT2D eigenvalue weighted by atomic mass is 16.4. The molecule has 88 valence electrons. The van der Waals surface area contributed by atoms with E-state index in [4.69, 9.17) is 10.4 Å². The molecular weight excluding hydrogens is 232 g/mol. The largest absolute Gasteiger partial charge is 0.476 e. The van der Waals surface area contributed by atoms with Crippen LogP contribution in [0.1, 0.15) is 16.1 Å². The first-order valence-electron chi connectivity index (χ1n) is 5.04. The minimum atomic E-state index is -1.13. The van der Waals surface area contributed by atoms with E-state index in [2.05, 4.69) is 15.5 Å². The number of nitriles is 1. The van der Waals surface area contributed by atoms with Gasteiger partial charge in [0.25, 0.3) is 0 Å². The van der Waals surface area contributed by atoms with Gasteiger partial charge in [-0.2, -0.15) is 5.26 Å². The molecule has 0 fully saturated rings. The zero-order valence-corrected chi connectivity index (χ0v) is 9.16. The van der Waals surface area contributed by atoms with Gasteiger partial charge in [0.15, 0.2) is 11.5 Å². The summed E-state index contributed by atoms with van der Waals surface area (Å²) in [6.45, 7) is 0. The molecule has 0 spiro atoms. The lowest BCUT2D eigenvalue weighted by Crippen LogP contribution is -2.04. The second-order valence-electron chi connectivity index (χ2n) is 3.39. The molecule has 1 aromatic carbocycles. The van der Waals surface area contributed by atoms with Gasteiger partial charge in [0, 0.05) is 0 Å². The van der Waals surface area contributed by atoms with Crippen molar-refractivity contribution in [3.63, 3.8) is 0 Å². The van der Waals surface area contributed by atoms with E-state index in [9.17, 15) is 4.79 Å². The lowest BCUT2D eigenvalue weighted by molar-refractivity contribution is 0.0689. The molecule has 1 aromatic heterocycles. The van der Waals surface area contributed by atoms with Gasteiger partial charge in [-0.15, -0.1) is 10.2 Å². The molecule has 2 aromatic rings. The Hall–Kier alpha value is -2.94. The van der Waals surface area contributed by atoms with Crippen LogP contribution in [0, 0.1) is 11.3 Å². The zero-order valence-electron chi connectivity index (χ0n) is 9.16. The van der Waals surface area contributed by atoms with Crippen LogP contribution >= 0.6 is 0 Å². The van der Waals surface area contributed by atoms with Crippen LogP contribution < -0.4 is 5.32 Å². The molecule has 2 N–H and O–H groups in total. The number of nitrogens with one attached hydrogen (secondary N) is 1. The van der Waals surface area contributed by atoms with Crippen LogP contribution in [-0.2, 0) is 0 Å². The average Bonchev–Trinajstić information content (AvgIpc) is 2.40. The van der Waals surface area contributed by atoms with Gasteiger partial charge in [-0.3, -0.25) is 0 Å². The lowest BCUT2D eigenvalue weighted by atomic mass is 10.2. The number of carboxylic acid groups (broad SMARTS) is 1. The van der Waals surface area contributed by atoms with E-state index in [0.717, 1.165) is 0 Å². The molecule has 0 radical (unpaired) electrons. The maximum atomic E-state index is 10.6. The smallest absolute Gasteiger partial charge is 0.356 e. The van der Waals surface area contributed by atoms with E-state index in [1.165, 1.54) is 12.1 Å². The second kappa shape index (κ2) is 4.93. The van der Waals surface area contributed by atoms with Crippen LogP contribution in [0.4, 0.5) is 11.5 Å². The van der Waals surface area contributed by atoms with E-state index in [1.807, 2.05) is 6.07 Å². The van der Waals surface area contributed by atoms with Gasteiger partial charge in [0.2, 0.25) is 0 Å². The van der Waals surface area contributed by atoms with Crippen LogP contribution in [0.3, 0.4) is 0 Å². The van der Waals surface area contributed by atoms with Gasteiger partial charge >= 0.3 is 5.97 Å². The first-order valence-corrected chi connectivity index (χ1v) is 5.04. The second-order valence-corrected chi connectivity index (χ2v) is 3.39. The maximum Gasteiger partial charge on any atom is 0.356 e. The van der Waals surface area contributed by atoms with Crippen molar-refractivity contribution in [1.82, 2.24) is 10.2 Å². The number of aromatic carboxylic acids is 1. The zero-order chi connectivity index (χ0) is 13.0. The van der Waals surface area contributed by atoms with Crippen LogP contribution in [-0.4, -0.2) is 21.3 Å². The first kappa shape index (κ1) is 11.5. The fourth-order valence-electron chi connectivity index (χ4n) is 1.34. The number of rotatable bonds is 3. The van der Waals surface area contributed by atoms with Crippen LogP contribution in [0.15, 0.2) is 36.4 Å². The Morgan fingerprint density at radius 2 is 2.00 bits per heavy atom. The molecule has 0 saturated carbocycles. The Labute approximate surface area is 103 Å². The number of nitrogens with zero attached hydrogens (tertiary/aromatic N) is 3. The number of aromatic nitrogens is 2. The highest BCUT2D eigenvalue weighted by Gasteiger charge is 2.06. The summed E-state index contributed by atoms with van der Waals surface area (Å²) in [7, 11) is 0. The van der Waals surface area contributed by atoms with Gasteiger partial charge in [-0.1, -0.05) is 12.1 Å². The number of para-hydroxylation sites is 1. The molecule has 0 aliphatic heterocycles. The molecule has 2 rings (SSSR count). The molecule has 0 saturated heterocycles. The normalized spacial score (nSPS) is 9.50. The van der Waals surface area contributed by atoms with Crippen molar-refractivity contribution < 1.29 is 9.90 Å². The maximum absolute atomic E-state index is 10.6. The number of hydrogen-bond donors (Lipinski definition) is 2. The van der Waals surface area contributed by atoms with Gasteiger partial charge < -0.3 is 10.4 Å². The van der Waals surface area contributed by atoms with Crippen molar-refractivity contribution in [2.45, 2.75) is 0 Å². The van der Waals surface area contributed by atoms with Crippen molar-refractivity contribution in [2.24, 2.45) is 0 Å². The molecule has 0 unspecified atom stereocenters. The van der Waals surface area contributed by atoms with E-state index >= 15 is 0 Å². The summed E-state index contributed by atoms with van der Waals surface area (Å²) < 4.78 is 0. The molecule has 18 heavy (non-hydrogen) atoms. The fraction of sp³-hybridized carbons (Fsp3) is 0. The highest BCUT2D eigenvalue weighted by molar-refractivity contribution is 5.85.